The van der Waals surface area contributed by atoms with E-state index in [1.54, 1.807) is 11.6 Å². The van der Waals surface area contributed by atoms with E-state index in [0.717, 1.165) is 28.9 Å². The number of carbonyl (C=O) groups excluding carboxylic acids is 2. The molecule has 7 heteroatoms. The molecule has 0 saturated heterocycles. The van der Waals surface area contributed by atoms with Crippen LogP contribution in [-0.4, -0.2) is 28.1 Å². The van der Waals surface area contributed by atoms with Gasteiger partial charge in [0.2, 0.25) is 5.91 Å². The van der Waals surface area contributed by atoms with Gasteiger partial charge in [0.15, 0.2) is 0 Å². The molecule has 0 spiro atoms. The maximum absolute atomic E-state index is 12.7. The highest BCUT2D eigenvalue weighted by atomic mass is 35.5. The first-order valence-electron chi connectivity index (χ1n) is 9.84. The minimum Gasteiger partial charge on any atom is -0.343 e. The lowest BCUT2D eigenvalue weighted by molar-refractivity contribution is -0.115. The number of hydrogen-bond acceptors (Lipinski definition) is 3. The number of carbonyl (C=O) groups is 2. The van der Waals surface area contributed by atoms with Gasteiger partial charge in [0.1, 0.15) is 0 Å². The van der Waals surface area contributed by atoms with E-state index in [4.69, 9.17) is 11.6 Å². The summed E-state index contributed by atoms with van der Waals surface area (Å²) in [5.74, 6) is -0.600. The lowest BCUT2D eigenvalue weighted by Crippen LogP contribution is -2.33. The number of amides is 2. The molecule has 0 aliphatic carbocycles. The highest BCUT2D eigenvalue weighted by molar-refractivity contribution is 6.31. The van der Waals surface area contributed by atoms with Crippen LogP contribution in [0.25, 0.3) is 0 Å². The molecule has 2 amide bonds. The van der Waals surface area contributed by atoms with Gasteiger partial charge in [-0.3, -0.25) is 14.3 Å². The Labute approximate surface area is 181 Å². The van der Waals surface area contributed by atoms with Crippen molar-refractivity contribution in [2.45, 2.75) is 33.7 Å². The summed E-state index contributed by atoms with van der Waals surface area (Å²) in [6.45, 7) is 5.99. The molecule has 0 bridgehead atoms. The largest absolute Gasteiger partial charge is 0.343 e. The average molecular weight is 425 g/mol. The van der Waals surface area contributed by atoms with E-state index < -0.39 is 0 Å². The Morgan fingerprint density at radius 2 is 1.70 bits per heavy atom. The fourth-order valence-corrected chi connectivity index (χ4v) is 3.56. The molecule has 3 rings (SSSR count). The Hall–Kier alpha value is -3.12. The van der Waals surface area contributed by atoms with Gasteiger partial charge < -0.3 is 10.6 Å². The normalized spacial score (nSPS) is 10.7. The van der Waals surface area contributed by atoms with Crippen molar-refractivity contribution in [3.63, 3.8) is 0 Å². The number of nitrogens with one attached hydrogen (secondary N) is 2. The second-order valence-electron chi connectivity index (χ2n) is 7.04. The second kappa shape index (κ2) is 9.59. The second-order valence-corrected chi connectivity index (χ2v) is 7.44. The molecule has 1 heterocycles. The molecule has 0 aliphatic rings. The SMILES string of the molecule is CCc1ccccc1NC(=O)CNC(=O)c1c(C)nn(Cc2ccccc2Cl)c1C. The standard InChI is InChI=1S/C23H25ClN4O2/c1-4-17-9-6-8-12-20(17)26-21(29)13-25-23(30)22-15(2)27-28(16(22)3)14-18-10-5-7-11-19(18)24/h5-12H,4,13-14H2,1-3H3,(H,25,30)(H,26,29). The third kappa shape index (κ3) is 4.89. The number of anilines is 1. The topological polar surface area (TPSA) is 76.0 Å². The maximum atomic E-state index is 12.7. The molecule has 3 aromatic rings. The Bertz CT molecular complexity index is 1070. The van der Waals surface area contributed by atoms with Crippen LogP contribution < -0.4 is 10.6 Å². The first-order chi connectivity index (χ1) is 14.4. The number of rotatable bonds is 7. The van der Waals surface area contributed by atoms with Crippen LogP contribution in [0.2, 0.25) is 5.02 Å². The van der Waals surface area contributed by atoms with Crippen LogP contribution in [0.1, 0.15) is 39.8 Å². The summed E-state index contributed by atoms with van der Waals surface area (Å²) in [6.07, 6.45) is 0.811. The van der Waals surface area contributed by atoms with Crippen molar-refractivity contribution in [2.75, 3.05) is 11.9 Å². The fourth-order valence-electron chi connectivity index (χ4n) is 3.36. The average Bonchev–Trinajstić information content (AvgIpc) is 3.01. The zero-order chi connectivity index (χ0) is 21.7. The van der Waals surface area contributed by atoms with Crippen molar-refractivity contribution in [3.8, 4) is 0 Å². The van der Waals surface area contributed by atoms with Gasteiger partial charge in [0.25, 0.3) is 5.91 Å². The number of aryl methyl sites for hydroxylation is 2. The van der Waals surface area contributed by atoms with Crippen molar-refractivity contribution >= 4 is 29.1 Å². The third-order valence-electron chi connectivity index (χ3n) is 4.97. The predicted octanol–water partition coefficient (Wildman–Crippen LogP) is 4.13. The molecular formula is C23H25ClN4O2. The van der Waals surface area contributed by atoms with Crippen LogP contribution in [0.3, 0.4) is 0 Å². The zero-order valence-corrected chi connectivity index (χ0v) is 18.1. The van der Waals surface area contributed by atoms with Gasteiger partial charge in [-0.25, -0.2) is 0 Å². The molecule has 0 unspecified atom stereocenters. The number of aromatic nitrogens is 2. The molecule has 30 heavy (non-hydrogen) atoms. The summed E-state index contributed by atoms with van der Waals surface area (Å²) in [4.78, 5) is 25.0. The van der Waals surface area contributed by atoms with Crippen LogP contribution in [0, 0.1) is 13.8 Å². The minimum absolute atomic E-state index is 0.120. The summed E-state index contributed by atoms with van der Waals surface area (Å²) in [7, 11) is 0. The first kappa shape index (κ1) is 21.6. The number of hydrogen-bond donors (Lipinski definition) is 2. The van der Waals surface area contributed by atoms with E-state index in [9.17, 15) is 9.59 Å². The van der Waals surface area contributed by atoms with Crippen LogP contribution in [0.4, 0.5) is 5.69 Å². The van der Waals surface area contributed by atoms with E-state index >= 15 is 0 Å². The minimum atomic E-state index is -0.325. The smallest absolute Gasteiger partial charge is 0.255 e. The summed E-state index contributed by atoms with van der Waals surface area (Å²) in [6, 6.07) is 15.2. The van der Waals surface area contributed by atoms with Gasteiger partial charge in [-0.2, -0.15) is 5.10 Å². The van der Waals surface area contributed by atoms with Crippen LogP contribution in [-0.2, 0) is 17.8 Å². The van der Waals surface area contributed by atoms with Gasteiger partial charge in [0, 0.05) is 16.4 Å². The highest BCUT2D eigenvalue weighted by Gasteiger charge is 2.20. The van der Waals surface area contributed by atoms with E-state index in [1.807, 2.05) is 62.4 Å². The van der Waals surface area contributed by atoms with Crippen LogP contribution in [0.5, 0.6) is 0 Å². The molecule has 2 aromatic carbocycles. The number of nitrogens with zero attached hydrogens (tertiary/aromatic N) is 2. The number of benzene rings is 2. The van der Waals surface area contributed by atoms with Gasteiger partial charge in [0.05, 0.1) is 24.3 Å². The molecular weight excluding hydrogens is 400 g/mol. The van der Waals surface area contributed by atoms with Gasteiger partial charge in [-0.1, -0.05) is 54.9 Å². The molecule has 156 valence electrons. The molecule has 0 saturated carbocycles. The Morgan fingerprint density at radius 3 is 2.40 bits per heavy atom. The molecule has 0 aliphatic heterocycles. The zero-order valence-electron chi connectivity index (χ0n) is 17.3. The molecule has 0 radical (unpaired) electrons. The van der Waals surface area contributed by atoms with Crippen molar-refractivity contribution in [1.82, 2.24) is 15.1 Å². The third-order valence-corrected chi connectivity index (χ3v) is 5.34. The quantitative estimate of drug-likeness (QED) is 0.598. The summed E-state index contributed by atoms with van der Waals surface area (Å²) >= 11 is 6.24. The molecule has 0 atom stereocenters. The van der Waals surface area contributed by atoms with Crippen molar-refractivity contribution in [3.05, 3.63) is 81.6 Å². The maximum Gasteiger partial charge on any atom is 0.255 e. The number of halogens is 1. The van der Waals surface area contributed by atoms with Gasteiger partial charge >= 0.3 is 0 Å². The summed E-state index contributed by atoms with van der Waals surface area (Å²) in [5, 5.41) is 10.7. The van der Waals surface area contributed by atoms with Crippen LogP contribution in [0.15, 0.2) is 48.5 Å². The Morgan fingerprint density at radius 1 is 1.03 bits per heavy atom. The van der Waals surface area contributed by atoms with E-state index in [0.29, 0.717) is 22.8 Å². The summed E-state index contributed by atoms with van der Waals surface area (Å²) in [5.41, 5.74) is 4.54. The Kier molecular flexibility index (Phi) is 6.90. The van der Waals surface area contributed by atoms with Crippen molar-refractivity contribution in [1.29, 1.82) is 0 Å². The number of para-hydroxylation sites is 1. The van der Waals surface area contributed by atoms with Gasteiger partial charge in [-0.15, -0.1) is 0 Å². The predicted molar refractivity (Wildman–Crippen MR) is 119 cm³/mol. The molecule has 1 aromatic heterocycles. The lowest BCUT2D eigenvalue weighted by Gasteiger charge is -2.11. The monoisotopic (exact) mass is 424 g/mol. The van der Waals surface area contributed by atoms with E-state index in [-0.39, 0.29) is 18.4 Å². The van der Waals surface area contributed by atoms with Crippen LogP contribution >= 0.6 is 11.6 Å². The van der Waals surface area contributed by atoms with E-state index in [2.05, 4.69) is 15.7 Å². The molecule has 6 nitrogen and oxygen atoms in total. The molecule has 0 fully saturated rings. The van der Waals surface area contributed by atoms with Crippen molar-refractivity contribution < 1.29 is 9.59 Å². The first-order valence-corrected chi connectivity index (χ1v) is 10.2. The highest BCUT2D eigenvalue weighted by Crippen LogP contribution is 2.19. The lowest BCUT2D eigenvalue weighted by atomic mass is 10.1. The fraction of sp³-hybridized carbons (Fsp3) is 0.261. The van der Waals surface area contributed by atoms with E-state index in [1.165, 1.54) is 0 Å². The van der Waals surface area contributed by atoms with Gasteiger partial charge in [-0.05, 0) is 43.5 Å². The molecule has 2 N–H and O–H groups in total. The summed E-state index contributed by atoms with van der Waals surface area (Å²) < 4.78 is 1.75. The Balaban J connectivity index is 1.66. The van der Waals surface area contributed by atoms with Crippen molar-refractivity contribution in [2.24, 2.45) is 0 Å².